The predicted molar refractivity (Wildman–Crippen MR) is 134 cm³/mol. The molecule has 9 heteroatoms. The van der Waals surface area contributed by atoms with Crippen molar-refractivity contribution in [3.8, 4) is 11.1 Å². The first-order valence-corrected chi connectivity index (χ1v) is 12.7. The van der Waals surface area contributed by atoms with Gasteiger partial charge in [-0.1, -0.05) is 34.8 Å². The molecule has 6 nitrogen and oxygen atoms in total. The number of aromatic nitrogens is 3. The minimum Gasteiger partial charge on any atom is -0.588 e. The van der Waals surface area contributed by atoms with Crippen molar-refractivity contribution >= 4 is 49.8 Å². The molecular weight excluding hydrogens is 505 g/mol. The fraction of sp³-hybridized carbons (Fsp3) is 0.250. The number of rotatable bonds is 5. The summed E-state index contributed by atoms with van der Waals surface area (Å²) in [6.07, 6.45) is 8.03. The summed E-state index contributed by atoms with van der Waals surface area (Å²) in [5.41, 5.74) is 9.48. The highest BCUT2D eigenvalue weighted by Crippen LogP contribution is 2.39. The summed E-state index contributed by atoms with van der Waals surface area (Å²) in [5, 5.41) is 0.735. The average Bonchev–Trinajstić information content (AvgIpc) is 3.43. The fourth-order valence-electron chi connectivity index (χ4n) is 4.53. The second-order valence-corrected chi connectivity index (χ2v) is 10.4. The number of anilines is 2. The van der Waals surface area contributed by atoms with Crippen LogP contribution in [0.3, 0.4) is 0 Å². The van der Waals surface area contributed by atoms with Gasteiger partial charge in [0.15, 0.2) is 10.7 Å². The molecule has 33 heavy (non-hydrogen) atoms. The van der Waals surface area contributed by atoms with E-state index in [1.807, 2.05) is 25.3 Å². The topological polar surface area (TPSA) is 91.8 Å². The maximum atomic E-state index is 15.1. The number of hydrogen-bond donors (Lipinski definition) is 2. The highest BCUT2D eigenvalue weighted by Gasteiger charge is 2.24. The smallest absolute Gasteiger partial charge is 0.182 e. The standard InChI is InChI=1S/C24H23BrFN5OS/c1-14-10-16(25)7-9-21(14)33(32)30-20-8-6-15(11-19(20)26)18-12-31(17-4-2-3-5-17)24-22(18)23(27)28-13-29-24/h6-13,17,30H,2-5H2,1H3,(H2,27,28,29). The van der Waals surface area contributed by atoms with Crippen LogP contribution in [0, 0.1) is 12.7 Å². The normalized spacial score (nSPS) is 15.3. The van der Waals surface area contributed by atoms with Crippen LogP contribution in [-0.2, 0) is 11.4 Å². The Morgan fingerprint density at radius 1 is 1.18 bits per heavy atom. The SMILES string of the molecule is Cc1cc(Br)ccc1[S+]([O-])Nc1ccc(-c2cn(C3CCCC3)c3ncnc(N)c23)cc1F. The average molecular weight is 528 g/mol. The molecule has 170 valence electrons. The Labute approximate surface area is 202 Å². The molecular formula is C24H23BrFN5OS. The molecule has 1 unspecified atom stereocenters. The summed E-state index contributed by atoms with van der Waals surface area (Å²) in [4.78, 5) is 9.25. The summed E-state index contributed by atoms with van der Waals surface area (Å²) >= 11 is 1.81. The molecule has 3 N–H and O–H groups in total. The second-order valence-electron chi connectivity index (χ2n) is 8.32. The third kappa shape index (κ3) is 4.20. The van der Waals surface area contributed by atoms with Crippen LogP contribution in [0.2, 0.25) is 0 Å². The highest BCUT2D eigenvalue weighted by molar-refractivity contribution is 9.10. The first kappa shape index (κ1) is 22.2. The molecule has 2 aromatic heterocycles. The molecule has 1 aliphatic rings. The maximum Gasteiger partial charge on any atom is 0.182 e. The molecule has 2 aromatic carbocycles. The monoisotopic (exact) mass is 527 g/mol. The van der Waals surface area contributed by atoms with Gasteiger partial charge in [-0.05, 0) is 55.7 Å². The van der Waals surface area contributed by atoms with Crippen molar-refractivity contribution in [2.75, 3.05) is 10.5 Å². The van der Waals surface area contributed by atoms with E-state index in [1.165, 1.54) is 25.2 Å². The lowest BCUT2D eigenvalue weighted by molar-refractivity contribution is 0.532. The van der Waals surface area contributed by atoms with Gasteiger partial charge in [-0.3, -0.25) is 0 Å². The third-order valence-electron chi connectivity index (χ3n) is 6.18. The molecule has 5 rings (SSSR count). The van der Waals surface area contributed by atoms with E-state index in [1.54, 1.807) is 18.2 Å². The number of nitrogens with two attached hydrogens (primary N) is 1. The maximum absolute atomic E-state index is 15.1. The molecule has 1 saturated carbocycles. The van der Waals surface area contributed by atoms with Crippen LogP contribution in [0.15, 0.2) is 58.3 Å². The Bertz CT molecular complexity index is 1340. The van der Waals surface area contributed by atoms with Gasteiger partial charge in [0, 0.05) is 27.8 Å². The summed E-state index contributed by atoms with van der Waals surface area (Å²) in [6, 6.07) is 10.7. The summed E-state index contributed by atoms with van der Waals surface area (Å²) in [7, 11) is 0. The molecule has 0 amide bonds. The summed E-state index contributed by atoms with van der Waals surface area (Å²) in [6.45, 7) is 1.87. The van der Waals surface area contributed by atoms with E-state index in [0.717, 1.165) is 39.5 Å². The largest absolute Gasteiger partial charge is 0.588 e. The van der Waals surface area contributed by atoms with E-state index in [4.69, 9.17) is 5.73 Å². The molecule has 1 atom stereocenters. The van der Waals surface area contributed by atoms with Gasteiger partial charge in [-0.25, -0.2) is 19.1 Å². The molecule has 1 fully saturated rings. The van der Waals surface area contributed by atoms with Crippen molar-refractivity contribution in [1.82, 2.24) is 14.5 Å². The van der Waals surface area contributed by atoms with Crippen molar-refractivity contribution in [1.29, 1.82) is 0 Å². The van der Waals surface area contributed by atoms with Gasteiger partial charge in [-0.2, -0.15) is 0 Å². The second kappa shape index (κ2) is 8.96. The Hall–Kier alpha value is -2.62. The van der Waals surface area contributed by atoms with Crippen LogP contribution in [0.4, 0.5) is 15.9 Å². The minimum atomic E-state index is -1.59. The van der Waals surface area contributed by atoms with Crippen LogP contribution in [0.5, 0.6) is 0 Å². The van der Waals surface area contributed by atoms with Gasteiger partial charge in [-0.15, -0.1) is 0 Å². The predicted octanol–water partition coefficient (Wildman–Crippen LogP) is 6.14. The van der Waals surface area contributed by atoms with Crippen LogP contribution < -0.4 is 10.5 Å². The Morgan fingerprint density at radius 3 is 2.70 bits per heavy atom. The molecule has 4 aromatic rings. The summed E-state index contributed by atoms with van der Waals surface area (Å²) < 4.78 is 33.8. The highest BCUT2D eigenvalue weighted by atomic mass is 79.9. The first-order chi connectivity index (χ1) is 15.9. The van der Waals surface area contributed by atoms with E-state index in [2.05, 4.69) is 35.2 Å². The molecule has 0 bridgehead atoms. The first-order valence-electron chi connectivity index (χ1n) is 10.8. The lowest BCUT2D eigenvalue weighted by Crippen LogP contribution is -2.15. The van der Waals surface area contributed by atoms with Crippen molar-refractivity contribution < 1.29 is 8.94 Å². The van der Waals surface area contributed by atoms with Crippen molar-refractivity contribution in [3.05, 3.63) is 64.8 Å². The number of nitrogen functional groups attached to an aromatic ring is 1. The number of halogens is 2. The van der Waals surface area contributed by atoms with Crippen LogP contribution in [-0.4, -0.2) is 19.1 Å². The van der Waals surface area contributed by atoms with Crippen molar-refractivity contribution in [2.24, 2.45) is 0 Å². The van der Waals surface area contributed by atoms with Gasteiger partial charge in [0.05, 0.1) is 5.39 Å². The number of hydrogen-bond acceptors (Lipinski definition) is 5. The van der Waals surface area contributed by atoms with Gasteiger partial charge in [0.2, 0.25) is 0 Å². The van der Waals surface area contributed by atoms with Crippen molar-refractivity contribution in [3.63, 3.8) is 0 Å². The molecule has 0 spiro atoms. The van der Waals surface area contributed by atoms with Crippen LogP contribution in [0.1, 0.15) is 37.3 Å². The van der Waals surface area contributed by atoms with Crippen LogP contribution in [0.25, 0.3) is 22.2 Å². The third-order valence-corrected chi connectivity index (χ3v) is 7.93. The van der Waals surface area contributed by atoms with Gasteiger partial charge in [0.1, 0.15) is 34.8 Å². The van der Waals surface area contributed by atoms with Crippen LogP contribution >= 0.6 is 15.9 Å². The number of aryl methyl sites for hydroxylation is 1. The summed E-state index contributed by atoms with van der Waals surface area (Å²) in [5.74, 6) is -0.117. The molecule has 2 heterocycles. The molecule has 0 radical (unpaired) electrons. The zero-order valence-electron chi connectivity index (χ0n) is 18.0. The van der Waals surface area contributed by atoms with Crippen molar-refractivity contribution in [2.45, 2.75) is 43.5 Å². The number of nitrogens with zero attached hydrogens (tertiary/aromatic N) is 3. The van der Waals surface area contributed by atoms with Gasteiger partial charge < -0.3 is 14.9 Å². The Morgan fingerprint density at radius 2 is 1.97 bits per heavy atom. The zero-order valence-corrected chi connectivity index (χ0v) is 20.4. The Balaban J connectivity index is 1.49. The minimum absolute atomic E-state index is 0.170. The number of nitrogens with one attached hydrogen (secondary N) is 1. The molecule has 0 saturated heterocycles. The van der Waals surface area contributed by atoms with E-state index >= 15 is 4.39 Å². The molecule has 1 aliphatic carbocycles. The van der Waals surface area contributed by atoms with Gasteiger partial charge >= 0.3 is 0 Å². The number of fused-ring (bicyclic) bond motifs is 1. The van der Waals surface area contributed by atoms with E-state index < -0.39 is 17.2 Å². The zero-order chi connectivity index (χ0) is 23.1. The van der Waals surface area contributed by atoms with E-state index in [9.17, 15) is 4.55 Å². The van der Waals surface area contributed by atoms with E-state index in [0.29, 0.717) is 22.3 Å². The lowest BCUT2D eigenvalue weighted by atomic mass is 10.1. The van der Waals surface area contributed by atoms with Gasteiger partial charge in [0.25, 0.3) is 0 Å². The Kier molecular flexibility index (Phi) is 6.03. The van der Waals surface area contributed by atoms with E-state index in [-0.39, 0.29) is 5.69 Å². The quantitative estimate of drug-likeness (QED) is 0.304. The lowest BCUT2D eigenvalue weighted by Gasteiger charge is -2.14. The fourth-order valence-corrected chi connectivity index (χ4v) is 6.02. The number of benzene rings is 2. The molecule has 0 aliphatic heterocycles.